The van der Waals surface area contributed by atoms with E-state index in [4.69, 9.17) is 28.3 Å². The zero-order chi connectivity index (χ0) is 13.9. The van der Waals surface area contributed by atoms with E-state index in [2.05, 4.69) is 5.32 Å². The van der Waals surface area contributed by atoms with Crippen LogP contribution in [0.5, 0.6) is 0 Å². The highest BCUT2D eigenvalue weighted by molar-refractivity contribution is 6.35. The van der Waals surface area contributed by atoms with E-state index in [-0.39, 0.29) is 6.42 Å². The van der Waals surface area contributed by atoms with Gasteiger partial charge in [0.25, 0.3) is 0 Å². The second-order valence-corrected chi connectivity index (χ2v) is 5.23. The molecule has 0 fully saturated rings. The molecule has 0 atom stereocenters. The quantitative estimate of drug-likeness (QED) is 0.895. The maximum absolute atomic E-state index is 11.7. The van der Waals surface area contributed by atoms with Crippen LogP contribution in [0.2, 0.25) is 10.0 Å². The molecule has 0 aliphatic heterocycles. The van der Waals surface area contributed by atoms with E-state index >= 15 is 0 Å². The van der Waals surface area contributed by atoms with E-state index in [1.807, 2.05) is 0 Å². The fraction of sp³-hybridized carbons (Fsp3) is 0.333. The Kier molecular flexibility index (Phi) is 4.59. The van der Waals surface area contributed by atoms with Crippen molar-refractivity contribution >= 4 is 35.1 Å². The van der Waals surface area contributed by atoms with Gasteiger partial charge in [-0.3, -0.25) is 4.79 Å². The Morgan fingerprint density at radius 3 is 2.44 bits per heavy atom. The highest BCUT2D eigenvalue weighted by atomic mass is 35.5. The van der Waals surface area contributed by atoms with E-state index in [0.29, 0.717) is 15.6 Å². The lowest BCUT2D eigenvalue weighted by molar-refractivity contribution is -0.145. The molecule has 0 saturated carbocycles. The second-order valence-electron chi connectivity index (χ2n) is 4.39. The van der Waals surface area contributed by atoms with E-state index in [9.17, 15) is 9.59 Å². The van der Waals surface area contributed by atoms with Gasteiger partial charge in [0.2, 0.25) is 5.91 Å². The molecule has 4 nitrogen and oxygen atoms in total. The summed E-state index contributed by atoms with van der Waals surface area (Å²) in [7, 11) is 0. The third-order valence-electron chi connectivity index (χ3n) is 2.35. The lowest BCUT2D eigenvalue weighted by atomic mass is 10.1. The monoisotopic (exact) mass is 289 g/mol. The largest absolute Gasteiger partial charge is 0.480 e. The van der Waals surface area contributed by atoms with Gasteiger partial charge in [-0.25, -0.2) is 4.79 Å². The Labute approximate surface area is 115 Å². The van der Waals surface area contributed by atoms with Crippen molar-refractivity contribution in [3.8, 4) is 0 Å². The van der Waals surface area contributed by atoms with Crippen LogP contribution in [0.15, 0.2) is 18.2 Å². The van der Waals surface area contributed by atoms with Gasteiger partial charge in [0.15, 0.2) is 0 Å². The fourth-order valence-corrected chi connectivity index (χ4v) is 1.76. The summed E-state index contributed by atoms with van der Waals surface area (Å²) in [6.45, 7) is 2.83. The normalized spacial score (nSPS) is 11.1. The molecule has 0 saturated heterocycles. The summed E-state index contributed by atoms with van der Waals surface area (Å²) in [5.74, 6) is -1.51. The Bertz CT molecular complexity index is 486. The zero-order valence-electron chi connectivity index (χ0n) is 9.96. The summed E-state index contributed by atoms with van der Waals surface area (Å²) >= 11 is 11.7. The minimum Gasteiger partial charge on any atom is -0.480 e. The summed E-state index contributed by atoms with van der Waals surface area (Å²) in [6, 6.07) is 4.80. The molecule has 0 aliphatic rings. The first-order valence-electron chi connectivity index (χ1n) is 5.20. The Morgan fingerprint density at radius 2 is 1.94 bits per heavy atom. The highest BCUT2D eigenvalue weighted by Gasteiger charge is 2.28. The minimum absolute atomic E-state index is 0.00666. The Hall–Kier alpha value is -1.26. The molecule has 0 unspecified atom stereocenters. The van der Waals surface area contributed by atoms with Crippen molar-refractivity contribution in [3.05, 3.63) is 33.8 Å². The van der Waals surface area contributed by atoms with Crippen LogP contribution < -0.4 is 5.32 Å². The van der Waals surface area contributed by atoms with Crippen molar-refractivity contribution < 1.29 is 14.7 Å². The van der Waals surface area contributed by atoms with E-state index < -0.39 is 17.4 Å². The van der Waals surface area contributed by atoms with Gasteiger partial charge in [-0.2, -0.15) is 0 Å². The molecule has 1 aromatic rings. The number of carboxylic acid groups (broad SMARTS) is 1. The average Bonchev–Trinajstić information content (AvgIpc) is 2.21. The first kappa shape index (κ1) is 14.8. The number of nitrogens with one attached hydrogen (secondary N) is 1. The molecule has 18 heavy (non-hydrogen) atoms. The first-order chi connectivity index (χ1) is 8.22. The van der Waals surface area contributed by atoms with Crippen LogP contribution in [-0.4, -0.2) is 22.5 Å². The summed E-state index contributed by atoms with van der Waals surface area (Å²) in [6.07, 6.45) is 0.00666. The van der Waals surface area contributed by atoms with Gasteiger partial charge >= 0.3 is 5.97 Å². The van der Waals surface area contributed by atoms with Crippen molar-refractivity contribution in [2.75, 3.05) is 0 Å². The lowest BCUT2D eigenvalue weighted by Gasteiger charge is -2.21. The van der Waals surface area contributed by atoms with Crippen LogP contribution in [0.4, 0.5) is 0 Å². The summed E-state index contributed by atoms with van der Waals surface area (Å²) in [5.41, 5.74) is -0.713. The number of rotatable bonds is 4. The molecule has 98 valence electrons. The zero-order valence-corrected chi connectivity index (χ0v) is 11.5. The standard InChI is InChI=1S/C12H13Cl2NO3/c1-12(2,11(17)18)15-10(16)5-7-3-4-8(13)6-9(7)14/h3-4,6H,5H2,1-2H3,(H,15,16)(H,17,18). The molecule has 0 heterocycles. The van der Waals surface area contributed by atoms with E-state index in [1.165, 1.54) is 19.9 Å². The number of halogens is 2. The van der Waals surface area contributed by atoms with E-state index in [0.717, 1.165) is 0 Å². The fourth-order valence-electron chi connectivity index (χ4n) is 1.28. The van der Waals surface area contributed by atoms with E-state index in [1.54, 1.807) is 12.1 Å². The molecule has 0 spiro atoms. The molecule has 0 radical (unpaired) electrons. The number of carbonyl (C=O) groups excluding carboxylic acids is 1. The van der Waals surface area contributed by atoms with Gasteiger partial charge in [0, 0.05) is 10.0 Å². The van der Waals surface area contributed by atoms with Gasteiger partial charge in [0.05, 0.1) is 6.42 Å². The molecular weight excluding hydrogens is 277 g/mol. The van der Waals surface area contributed by atoms with Gasteiger partial charge in [-0.1, -0.05) is 29.3 Å². The van der Waals surface area contributed by atoms with Crippen molar-refractivity contribution in [2.45, 2.75) is 25.8 Å². The summed E-state index contributed by atoms with van der Waals surface area (Å²) in [5, 5.41) is 12.2. The summed E-state index contributed by atoms with van der Waals surface area (Å²) in [4.78, 5) is 22.6. The molecular formula is C12H13Cl2NO3. The topological polar surface area (TPSA) is 66.4 Å². The number of aliphatic carboxylic acids is 1. The molecule has 0 aliphatic carbocycles. The van der Waals surface area contributed by atoms with Crippen LogP contribution in [0.25, 0.3) is 0 Å². The second kappa shape index (κ2) is 5.59. The van der Waals surface area contributed by atoms with Crippen LogP contribution in [0, 0.1) is 0 Å². The Balaban J connectivity index is 2.74. The Morgan fingerprint density at radius 1 is 1.33 bits per heavy atom. The molecule has 0 aromatic heterocycles. The minimum atomic E-state index is -1.31. The number of carbonyl (C=O) groups is 2. The number of hydrogen-bond donors (Lipinski definition) is 2. The maximum Gasteiger partial charge on any atom is 0.328 e. The molecule has 1 rings (SSSR count). The maximum atomic E-state index is 11.7. The first-order valence-corrected chi connectivity index (χ1v) is 5.96. The average molecular weight is 290 g/mol. The molecule has 0 bridgehead atoms. The number of carboxylic acids is 1. The molecule has 2 N–H and O–H groups in total. The van der Waals surface area contributed by atoms with Gasteiger partial charge in [-0.15, -0.1) is 0 Å². The van der Waals surface area contributed by atoms with Gasteiger partial charge in [0.1, 0.15) is 5.54 Å². The van der Waals surface area contributed by atoms with Crippen LogP contribution in [0.1, 0.15) is 19.4 Å². The van der Waals surface area contributed by atoms with Gasteiger partial charge in [-0.05, 0) is 31.5 Å². The van der Waals surface area contributed by atoms with Gasteiger partial charge < -0.3 is 10.4 Å². The smallest absolute Gasteiger partial charge is 0.328 e. The van der Waals surface area contributed by atoms with Crippen LogP contribution in [-0.2, 0) is 16.0 Å². The van der Waals surface area contributed by atoms with Crippen molar-refractivity contribution in [1.82, 2.24) is 5.32 Å². The third kappa shape index (κ3) is 3.89. The predicted molar refractivity (Wildman–Crippen MR) is 70.0 cm³/mol. The van der Waals surface area contributed by atoms with Crippen molar-refractivity contribution in [2.24, 2.45) is 0 Å². The SMILES string of the molecule is CC(C)(NC(=O)Cc1ccc(Cl)cc1Cl)C(=O)O. The van der Waals surface area contributed by atoms with Crippen LogP contribution >= 0.6 is 23.2 Å². The number of amides is 1. The van der Waals surface area contributed by atoms with Crippen molar-refractivity contribution in [1.29, 1.82) is 0 Å². The molecule has 1 amide bonds. The lowest BCUT2D eigenvalue weighted by Crippen LogP contribution is -2.50. The number of hydrogen-bond acceptors (Lipinski definition) is 2. The molecule has 6 heteroatoms. The third-order valence-corrected chi connectivity index (χ3v) is 2.94. The molecule has 1 aromatic carbocycles. The highest BCUT2D eigenvalue weighted by Crippen LogP contribution is 2.21. The van der Waals surface area contributed by atoms with Crippen molar-refractivity contribution in [3.63, 3.8) is 0 Å². The summed E-state index contributed by atoms with van der Waals surface area (Å²) < 4.78 is 0. The number of benzene rings is 1. The predicted octanol–water partition coefficient (Wildman–Crippen LogP) is 2.52. The van der Waals surface area contributed by atoms with Crippen LogP contribution in [0.3, 0.4) is 0 Å².